The van der Waals surface area contributed by atoms with Gasteiger partial charge in [-0.1, -0.05) is 46.8 Å². The third-order valence-corrected chi connectivity index (χ3v) is 17.3. The Balaban J connectivity index is 1.23. The predicted octanol–water partition coefficient (Wildman–Crippen LogP) is 9.08. The van der Waals surface area contributed by atoms with Crippen LogP contribution in [0.25, 0.3) is 0 Å². The summed E-state index contributed by atoms with van der Waals surface area (Å²) in [5.74, 6) is 2.25. The Morgan fingerprint density at radius 1 is 0.882 bits per heavy atom. The van der Waals surface area contributed by atoms with Crippen LogP contribution in [0.3, 0.4) is 0 Å². The predicted molar refractivity (Wildman–Crippen MR) is 202 cm³/mol. The number of rotatable bonds is 9. The average molecular weight is 709 g/mol. The SMILES string of the molecule is C=C(C)[C@@H]1CC[C@]2(CC(=O)NC3CCC(N)CC3)CC[C@]3(C)[C@H](CC[C@@H]4[C@@]5(C)CC[C@H](OC(=O)CC(C)(C)C(=O)O)C(C(C)C)[C@@H]5CC[C@]43C)[C@@H]12. The van der Waals surface area contributed by atoms with E-state index in [2.05, 4.69) is 53.4 Å². The number of allylic oxidation sites excluding steroid dienone is 1. The lowest BCUT2D eigenvalue weighted by Gasteiger charge is -2.72. The Bertz CT molecular complexity index is 1370. The molecule has 6 aliphatic carbocycles. The summed E-state index contributed by atoms with van der Waals surface area (Å²) in [6.07, 6.45) is 15.8. The number of amides is 1. The second-order valence-electron chi connectivity index (χ2n) is 20.7. The van der Waals surface area contributed by atoms with Gasteiger partial charge in [-0.05, 0) is 168 Å². The van der Waals surface area contributed by atoms with Gasteiger partial charge in [-0.3, -0.25) is 14.4 Å². The highest BCUT2D eigenvalue weighted by Gasteiger charge is 2.70. The van der Waals surface area contributed by atoms with Crippen molar-refractivity contribution in [2.75, 3.05) is 0 Å². The number of carbonyl (C=O) groups excluding carboxylic acids is 2. The molecule has 6 saturated carbocycles. The number of carboxylic acid groups (broad SMARTS) is 1. The minimum atomic E-state index is -1.14. The first-order valence-corrected chi connectivity index (χ1v) is 20.9. The Morgan fingerprint density at radius 2 is 1.57 bits per heavy atom. The topological polar surface area (TPSA) is 119 Å². The van der Waals surface area contributed by atoms with E-state index in [4.69, 9.17) is 10.5 Å². The Kier molecular flexibility index (Phi) is 10.5. The van der Waals surface area contributed by atoms with Crippen molar-refractivity contribution in [3.63, 3.8) is 0 Å². The number of aliphatic carboxylic acids is 1. The number of hydrogen-bond acceptors (Lipinski definition) is 5. The van der Waals surface area contributed by atoms with E-state index in [1.807, 2.05) is 0 Å². The van der Waals surface area contributed by atoms with E-state index in [-0.39, 0.29) is 64.1 Å². The summed E-state index contributed by atoms with van der Waals surface area (Å²) in [5.41, 5.74) is 6.99. The molecular formula is C44H72N2O5. The average Bonchev–Trinajstić information content (AvgIpc) is 3.41. The van der Waals surface area contributed by atoms with Gasteiger partial charge >= 0.3 is 11.9 Å². The minimum Gasteiger partial charge on any atom is -0.481 e. The van der Waals surface area contributed by atoms with Crippen LogP contribution in [0.15, 0.2) is 12.2 Å². The van der Waals surface area contributed by atoms with Crippen molar-refractivity contribution in [1.29, 1.82) is 0 Å². The van der Waals surface area contributed by atoms with Gasteiger partial charge in [0.15, 0.2) is 0 Å². The number of hydrogen-bond donors (Lipinski definition) is 3. The molecular weight excluding hydrogens is 636 g/mol. The maximum absolute atomic E-state index is 13.9. The van der Waals surface area contributed by atoms with Crippen molar-refractivity contribution in [2.24, 2.45) is 74.2 Å². The molecule has 6 rings (SSSR count). The third-order valence-electron chi connectivity index (χ3n) is 17.3. The normalized spacial score (nSPS) is 45.1. The molecule has 4 N–H and O–H groups in total. The lowest BCUT2D eigenvalue weighted by Crippen LogP contribution is -2.66. The molecule has 51 heavy (non-hydrogen) atoms. The van der Waals surface area contributed by atoms with Crippen LogP contribution in [-0.4, -0.2) is 41.1 Å². The van der Waals surface area contributed by atoms with E-state index >= 15 is 0 Å². The van der Waals surface area contributed by atoms with E-state index in [0.29, 0.717) is 41.9 Å². The van der Waals surface area contributed by atoms with Crippen LogP contribution in [0.2, 0.25) is 0 Å². The molecule has 0 spiro atoms. The van der Waals surface area contributed by atoms with Crippen molar-refractivity contribution in [1.82, 2.24) is 5.32 Å². The van der Waals surface area contributed by atoms with Gasteiger partial charge in [0.05, 0.1) is 11.8 Å². The van der Waals surface area contributed by atoms with Gasteiger partial charge in [-0.15, -0.1) is 0 Å². The smallest absolute Gasteiger partial charge is 0.309 e. The quantitative estimate of drug-likeness (QED) is 0.162. The molecule has 0 radical (unpaired) electrons. The maximum atomic E-state index is 13.9. The Morgan fingerprint density at radius 3 is 2.20 bits per heavy atom. The van der Waals surface area contributed by atoms with Gasteiger partial charge in [-0.25, -0.2) is 0 Å². The largest absolute Gasteiger partial charge is 0.481 e. The molecule has 1 amide bonds. The summed E-state index contributed by atoms with van der Waals surface area (Å²) in [6.45, 7) is 22.5. The number of esters is 1. The van der Waals surface area contributed by atoms with Crippen LogP contribution >= 0.6 is 0 Å². The zero-order valence-corrected chi connectivity index (χ0v) is 33.5. The summed E-state index contributed by atoms with van der Waals surface area (Å²) in [5, 5.41) is 13.1. The fourth-order valence-electron chi connectivity index (χ4n) is 14.4. The second-order valence-corrected chi connectivity index (χ2v) is 20.7. The van der Waals surface area contributed by atoms with E-state index in [1.165, 1.54) is 31.3 Å². The second kappa shape index (κ2) is 13.8. The monoisotopic (exact) mass is 709 g/mol. The van der Waals surface area contributed by atoms with Crippen molar-refractivity contribution in [3.05, 3.63) is 12.2 Å². The van der Waals surface area contributed by atoms with E-state index in [1.54, 1.807) is 13.8 Å². The number of nitrogens with one attached hydrogen (secondary N) is 1. The lowest BCUT2D eigenvalue weighted by molar-refractivity contribution is -0.241. The van der Waals surface area contributed by atoms with Gasteiger partial charge in [0.25, 0.3) is 0 Å². The standard InChI is InChI=1S/C44H72N2O5/c1-26(2)30-16-21-44(24-35(47)46-29-12-10-28(45)11-13-29)23-22-42(8)32(38(30)44)14-15-34-41(7)19-18-33(51-36(48)25-40(5,6)39(49)50)37(27(3)4)31(41)17-20-43(34,42)9/h27-34,37-38H,1,10-25,45H2,2-9H3,(H,46,47)(H,49,50)/t28?,29?,30-,31-,32+,33-,34+,37?,38+,41-,42+,43+,44+/m0/s1. The van der Waals surface area contributed by atoms with E-state index in [9.17, 15) is 19.5 Å². The van der Waals surface area contributed by atoms with Gasteiger partial charge < -0.3 is 20.9 Å². The fourth-order valence-corrected chi connectivity index (χ4v) is 14.4. The molecule has 1 unspecified atom stereocenters. The highest BCUT2D eigenvalue weighted by molar-refractivity contribution is 5.81. The molecule has 11 atom stereocenters. The molecule has 288 valence electrons. The first-order chi connectivity index (χ1) is 23.8. The third kappa shape index (κ3) is 6.53. The zero-order chi connectivity index (χ0) is 37.3. The Hall–Kier alpha value is -1.89. The van der Waals surface area contributed by atoms with Crippen molar-refractivity contribution >= 4 is 17.8 Å². The van der Waals surface area contributed by atoms with E-state index < -0.39 is 11.4 Å². The summed E-state index contributed by atoms with van der Waals surface area (Å²) >= 11 is 0. The summed E-state index contributed by atoms with van der Waals surface area (Å²) in [6, 6.07) is 0.554. The molecule has 0 saturated heterocycles. The maximum Gasteiger partial charge on any atom is 0.309 e. The van der Waals surface area contributed by atoms with Crippen LogP contribution in [0.1, 0.15) is 158 Å². The number of ether oxygens (including phenoxy) is 1. The van der Waals surface area contributed by atoms with Crippen LogP contribution in [-0.2, 0) is 19.1 Å². The van der Waals surface area contributed by atoms with Crippen molar-refractivity contribution in [2.45, 2.75) is 176 Å². The number of carbonyl (C=O) groups is 3. The van der Waals surface area contributed by atoms with Crippen molar-refractivity contribution < 1.29 is 24.2 Å². The zero-order valence-electron chi connectivity index (χ0n) is 33.5. The van der Waals surface area contributed by atoms with Gasteiger partial charge in [0, 0.05) is 24.4 Å². The highest BCUT2D eigenvalue weighted by atomic mass is 16.5. The van der Waals surface area contributed by atoms with Crippen LogP contribution < -0.4 is 11.1 Å². The van der Waals surface area contributed by atoms with Gasteiger partial charge in [0.1, 0.15) is 6.10 Å². The van der Waals surface area contributed by atoms with Crippen LogP contribution in [0, 0.1) is 68.5 Å². The molecule has 0 heterocycles. The number of nitrogens with two attached hydrogens (primary N) is 1. The van der Waals surface area contributed by atoms with Crippen molar-refractivity contribution in [3.8, 4) is 0 Å². The highest BCUT2D eigenvalue weighted by Crippen LogP contribution is 2.77. The molecule has 6 fully saturated rings. The first-order valence-electron chi connectivity index (χ1n) is 20.9. The summed E-state index contributed by atoms with van der Waals surface area (Å²) < 4.78 is 6.24. The molecule has 0 aromatic heterocycles. The Labute approximate surface area is 309 Å². The van der Waals surface area contributed by atoms with Gasteiger partial charge in [0.2, 0.25) is 5.91 Å². The lowest BCUT2D eigenvalue weighted by atomic mass is 9.32. The summed E-state index contributed by atoms with van der Waals surface area (Å²) in [4.78, 5) is 38.8. The number of fused-ring (bicyclic) bond motifs is 7. The molecule has 0 aliphatic heterocycles. The van der Waals surface area contributed by atoms with Crippen LogP contribution in [0.5, 0.6) is 0 Å². The molecule has 0 aromatic carbocycles. The van der Waals surface area contributed by atoms with Crippen LogP contribution in [0.4, 0.5) is 0 Å². The summed E-state index contributed by atoms with van der Waals surface area (Å²) in [7, 11) is 0. The molecule has 6 aliphatic rings. The number of carboxylic acids is 1. The minimum absolute atomic E-state index is 0.0626. The molecule has 0 bridgehead atoms. The van der Waals surface area contributed by atoms with Gasteiger partial charge in [-0.2, -0.15) is 0 Å². The molecule has 0 aromatic rings. The van der Waals surface area contributed by atoms with E-state index in [0.717, 1.165) is 64.2 Å². The molecule has 7 nitrogen and oxygen atoms in total. The fraction of sp³-hybridized carbons (Fsp3) is 0.886. The molecule has 7 heteroatoms. The first kappa shape index (κ1) is 38.8.